The maximum atomic E-state index is 13.2. The molecule has 0 radical (unpaired) electrons. The van der Waals surface area contributed by atoms with E-state index < -0.39 is 0 Å². The molecular formula is C23H24N4O4. The summed E-state index contributed by atoms with van der Waals surface area (Å²) in [6.45, 7) is 2.95. The number of rotatable bonds is 4. The molecule has 0 aliphatic carbocycles. The number of ketones is 1. The molecular weight excluding hydrogens is 396 g/mol. The first-order valence-corrected chi connectivity index (χ1v) is 10.5. The highest BCUT2D eigenvalue weighted by atomic mass is 16.6. The van der Waals surface area contributed by atoms with Crippen LogP contribution >= 0.6 is 0 Å². The second-order valence-electron chi connectivity index (χ2n) is 8.26. The highest BCUT2D eigenvalue weighted by Gasteiger charge is 2.44. The third-order valence-corrected chi connectivity index (χ3v) is 6.03. The van der Waals surface area contributed by atoms with Crippen LogP contribution in [0.1, 0.15) is 34.5 Å². The molecule has 1 aromatic carbocycles. The SMILES string of the molecule is Cc1cc2ncc(C(=O)C3CC4COCC(C3)N4C(=O)OCc3ccccc3)cn2n1. The lowest BCUT2D eigenvalue weighted by Crippen LogP contribution is -2.59. The van der Waals surface area contributed by atoms with Crippen molar-refractivity contribution in [1.82, 2.24) is 19.5 Å². The molecule has 8 nitrogen and oxygen atoms in total. The van der Waals surface area contributed by atoms with Gasteiger partial charge in [-0.3, -0.25) is 9.69 Å². The normalized spacial score (nSPS) is 23.0. The fourth-order valence-electron chi connectivity index (χ4n) is 4.58. The van der Waals surface area contributed by atoms with Gasteiger partial charge in [-0.2, -0.15) is 5.10 Å². The summed E-state index contributed by atoms with van der Waals surface area (Å²) in [5.74, 6) is -0.148. The van der Waals surface area contributed by atoms with Crippen molar-refractivity contribution < 1.29 is 19.1 Å². The van der Waals surface area contributed by atoms with Crippen molar-refractivity contribution in [3.63, 3.8) is 0 Å². The van der Waals surface area contributed by atoms with Gasteiger partial charge in [0.25, 0.3) is 0 Å². The van der Waals surface area contributed by atoms with E-state index in [-0.39, 0.29) is 36.5 Å². The maximum Gasteiger partial charge on any atom is 0.410 e. The number of amides is 1. The van der Waals surface area contributed by atoms with E-state index in [9.17, 15) is 9.59 Å². The fourth-order valence-corrected chi connectivity index (χ4v) is 4.58. The van der Waals surface area contributed by atoms with Gasteiger partial charge >= 0.3 is 6.09 Å². The van der Waals surface area contributed by atoms with Crippen LogP contribution in [-0.4, -0.2) is 56.7 Å². The third kappa shape index (κ3) is 3.90. The van der Waals surface area contributed by atoms with Crippen LogP contribution in [-0.2, 0) is 16.1 Å². The molecule has 2 aliphatic heterocycles. The molecule has 31 heavy (non-hydrogen) atoms. The van der Waals surface area contributed by atoms with Gasteiger partial charge in [0.1, 0.15) is 6.61 Å². The number of hydrogen-bond acceptors (Lipinski definition) is 6. The summed E-state index contributed by atoms with van der Waals surface area (Å²) in [6, 6.07) is 11.1. The van der Waals surface area contributed by atoms with Gasteiger partial charge in [-0.15, -0.1) is 0 Å². The first-order chi connectivity index (χ1) is 15.1. The summed E-state index contributed by atoms with van der Waals surface area (Å²) in [5.41, 5.74) is 3.06. The molecule has 2 saturated heterocycles. The van der Waals surface area contributed by atoms with Gasteiger partial charge in [0.2, 0.25) is 0 Å². The van der Waals surface area contributed by atoms with Crippen LogP contribution in [0.15, 0.2) is 48.8 Å². The third-order valence-electron chi connectivity index (χ3n) is 6.03. The van der Waals surface area contributed by atoms with Crippen LogP contribution in [0.25, 0.3) is 5.65 Å². The summed E-state index contributed by atoms with van der Waals surface area (Å²) >= 11 is 0. The van der Waals surface area contributed by atoms with Crippen molar-refractivity contribution in [1.29, 1.82) is 0 Å². The largest absolute Gasteiger partial charge is 0.445 e. The van der Waals surface area contributed by atoms with Crippen LogP contribution < -0.4 is 0 Å². The maximum absolute atomic E-state index is 13.2. The first-order valence-electron chi connectivity index (χ1n) is 10.5. The standard InChI is InChI=1S/C23H24N4O4/c1-15-7-21-24-10-18(11-26(21)25-15)22(28)17-8-19-13-30-14-20(9-17)27(19)23(29)31-12-16-5-3-2-4-6-16/h2-7,10-11,17,19-20H,8-9,12-14H2,1H3. The number of aromatic nitrogens is 3. The smallest absolute Gasteiger partial charge is 0.410 e. The molecule has 0 N–H and O–H groups in total. The summed E-state index contributed by atoms with van der Waals surface area (Å²) in [5, 5.41) is 4.35. The number of hydrogen-bond donors (Lipinski definition) is 0. The summed E-state index contributed by atoms with van der Waals surface area (Å²) < 4.78 is 12.9. The Morgan fingerprint density at radius 2 is 1.90 bits per heavy atom. The second-order valence-corrected chi connectivity index (χ2v) is 8.26. The van der Waals surface area contributed by atoms with Crippen LogP contribution in [0.4, 0.5) is 4.79 Å². The van der Waals surface area contributed by atoms with E-state index in [4.69, 9.17) is 9.47 Å². The van der Waals surface area contributed by atoms with Crippen LogP contribution in [0, 0.1) is 12.8 Å². The van der Waals surface area contributed by atoms with Crippen LogP contribution in [0.3, 0.4) is 0 Å². The number of aryl methyl sites for hydroxylation is 1. The monoisotopic (exact) mass is 420 g/mol. The minimum absolute atomic E-state index is 0.0387. The molecule has 3 aromatic rings. The molecule has 2 bridgehead atoms. The predicted octanol–water partition coefficient (Wildman–Crippen LogP) is 3.04. The van der Waals surface area contributed by atoms with Gasteiger partial charge < -0.3 is 9.47 Å². The highest BCUT2D eigenvalue weighted by Crippen LogP contribution is 2.34. The highest BCUT2D eigenvalue weighted by molar-refractivity contribution is 5.97. The number of ether oxygens (including phenoxy) is 2. The minimum Gasteiger partial charge on any atom is -0.445 e. The molecule has 2 atom stereocenters. The molecule has 1 amide bonds. The predicted molar refractivity (Wildman–Crippen MR) is 112 cm³/mol. The van der Waals surface area contributed by atoms with Crippen molar-refractivity contribution in [3.05, 3.63) is 65.6 Å². The lowest BCUT2D eigenvalue weighted by Gasteiger charge is -2.47. The number of morpholine rings is 1. The number of benzene rings is 1. The van der Waals surface area contributed by atoms with Crippen molar-refractivity contribution in [2.45, 2.75) is 38.5 Å². The number of fused-ring (bicyclic) bond motifs is 3. The average molecular weight is 420 g/mol. The number of Topliss-reactive ketones (excluding diaryl/α,β-unsaturated/α-hetero) is 1. The number of piperidine rings is 1. The summed E-state index contributed by atoms with van der Waals surface area (Å²) in [4.78, 5) is 32.2. The van der Waals surface area contributed by atoms with Gasteiger partial charge in [0.05, 0.1) is 36.6 Å². The van der Waals surface area contributed by atoms with Gasteiger partial charge in [0.15, 0.2) is 11.4 Å². The Hall–Kier alpha value is -3.26. The Morgan fingerprint density at radius 1 is 1.16 bits per heavy atom. The van der Waals surface area contributed by atoms with Crippen LogP contribution in [0.5, 0.6) is 0 Å². The topological polar surface area (TPSA) is 86.0 Å². The molecule has 4 heterocycles. The lowest BCUT2D eigenvalue weighted by atomic mass is 9.81. The zero-order valence-corrected chi connectivity index (χ0v) is 17.3. The zero-order chi connectivity index (χ0) is 21.4. The molecule has 2 aliphatic rings. The minimum atomic E-state index is -0.344. The molecule has 0 spiro atoms. The fraction of sp³-hybridized carbons (Fsp3) is 0.391. The van der Waals surface area contributed by atoms with E-state index in [0.29, 0.717) is 31.6 Å². The summed E-state index contributed by atoms with van der Waals surface area (Å²) in [6.07, 6.45) is 4.11. The first kappa shape index (κ1) is 19.7. The van der Waals surface area contributed by atoms with E-state index >= 15 is 0 Å². The Morgan fingerprint density at radius 3 is 2.65 bits per heavy atom. The Kier molecular flexibility index (Phi) is 5.15. The molecule has 8 heteroatoms. The number of nitrogens with zero attached hydrogens (tertiary/aromatic N) is 4. The zero-order valence-electron chi connectivity index (χ0n) is 17.3. The van der Waals surface area contributed by atoms with E-state index in [1.54, 1.807) is 21.8 Å². The van der Waals surface area contributed by atoms with E-state index in [1.165, 1.54) is 0 Å². The van der Waals surface area contributed by atoms with Crippen LogP contribution in [0.2, 0.25) is 0 Å². The van der Waals surface area contributed by atoms with Gasteiger partial charge in [-0.1, -0.05) is 30.3 Å². The quantitative estimate of drug-likeness (QED) is 0.603. The van der Waals surface area contributed by atoms with Gasteiger partial charge in [-0.25, -0.2) is 14.3 Å². The van der Waals surface area contributed by atoms with E-state index in [2.05, 4.69) is 10.1 Å². The van der Waals surface area contributed by atoms with Gasteiger partial charge in [0, 0.05) is 24.4 Å². The van der Waals surface area contributed by atoms with Crippen molar-refractivity contribution in [3.8, 4) is 0 Å². The number of carbonyl (C=O) groups is 2. The van der Waals surface area contributed by atoms with Crippen molar-refractivity contribution >= 4 is 17.5 Å². The second kappa shape index (κ2) is 8.11. The molecule has 160 valence electrons. The van der Waals surface area contributed by atoms with Crippen molar-refractivity contribution in [2.24, 2.45) is 5.92 Å². The van der Waals surface area contributed by atoms with Gasteiger partial charge in [-0.05, 0) is 25.3 Å². The van der Waals surface area contributed by atoms with E-state index in [0.717, 1.165) is 16.9 Å². The molecule has 2 unspecified atom stereocenters. The molecule has 0 saturated carbocycles. The average Bonchev–Trinajstić information content (AvgIpc) is 3.16. The summed E-state index contributed by atoms with van der Waals surface area (Å²) in [7, 11) is 0. The molecule has 2 aromatic heterocycles. The Balaban J connectivity index is 1.28. The Bertz CT molecular complexity index is 1100. The lowest BCUT2D eigenvalue weighted by molar-refractivity contribution is -0.0755. The molecule has 2 fully saturated rings. The molecule has 5 rings (SSSR count). The van der Waals surface area contributed by atoms with Crippen molar-refractivity contribution in [2.75, 3.05) is 13.2 Å². The van der Waals surface area contributed by atoms with E-state index in [1.807, 2.05) is 43.3 Å². The Labute approximate surface area is 179 Å². The number of carbonyl (C=O) groups excluding carboxylic acids is 2.